The Bertz CT molecular complexity index is 463. The summed E-state index contributed by atoms with van der Waals surface area (Å²) in [6, 6.07) is 0. The molecule has 0 unspecified atom stereocenters. The fourth-order valence-electron chi connectivity index (χ4n) is 1.12. The van der Waals surface area contributed by atoms with Crippen molar-refractivity contribution in [2.45, 2.75) is 26.3 Å². The van der Waals surface area contributed by atoms with Gasteiger partial charge in [0.1, 0.15) is 10.7 Å². The molecule has 7 nitrogen and oxygen atoms in total. The van der Waals surface area contributed by atoms with Gasteiger partial charge in [-0.2, -0.15) is 0 Å². The highest BCUT2D eigenvalue weighted by molar-refractivity contribution is 7.18. The first-order chi connectivity index (χ1) is 8.19. The molecule has 0 aliphatic carbocycles. The van der Waals surface area contributed by atoms with Gasteiger partial charge in [-0.3, -0.25) is 9.59 Å². The first-order valence-corrected chi connectivity index (χ1v) is 6.11. The van der Waals surface area contributed by atoms with Crippen LogP contribution in [-0.2, 0) is 4.79 Å². The van der Waals surface area contributed by atoms with Crippen molar-refractivity contribution in [3.05, 3.63) is 4.88 Å². The molecule has 0 saturated carbocycles. The minimum atomic E-state index is -0.612. The number of nitrogens with two attached hydrogens (primary N) is 2. The van der Waals surface area contributed by atoms with Crippen LogP contribution in [0.5, 0.6) is 0 Å². The van der Waals surface area contributed by atoms with E-state index in [9.17, 15) is 9.59 Å². The summed E-state index contributed by atoms with van der Waals surface area (Å²) in [5, 5.41) is 6.04. The number of nitrogen functional groups attached to an aromatic ring is 1. The summed E-state index contributed by atoms with van der Waals surface area (Å²) in [5.41, 5.74) is 10.4. The van der Waals surface area contributed by atoms with Crippen LogP contribution in [0.2, 0.25) is 0 Å². The van der Waals surface area contributed by atoms with E-state index in [2.05, 4.69) is 15.6 Å². The third-order valence-electron chi connectivity index (χ3n) is 1.76. The number of amides is 2. The van der Waals surface area contributed by atoms with E-state index in [0.29, 0.717) is 5.13 Å². The molecule has 1 heterocycles. The van der Waals surface area contributed by atoms with Crippen LogP contribution in [0.25, 0.3) is 0 Å². The first-order valence-electron chi connectivity index (χ1n) is 5.30. The summed E-state index contributed by atoms with van der Waals surface area (Å²) in [6.07, 6.45) is 0. The highest BCUT2D eigenvalue weighted by Gasteiger charge is 2.19. The topological polar surface area (TPSA) is 123 Å². The third-order valence-corrected chi connectivity index (χ3v) is 2.75. The van der Waals surface area contributed by atoms with E-state index < -0.39 is 11.8 Å². The molecule has 8 heteroatoms. The molecule has 0 bridgehead atoms. The summed E-state index contributed by atoms with van der Waals surface area (Å²) < 4.78 is 0. The Hall–Kier alpha value is -1.83. The smallest absolute Gasteiger partial charge is 0.265 e. The average molecular weight is 271 g/mol. The van der Waals surface area contributed by atoms with Gasteiger partial charge in [0.2, 0.25) is 5.91 Å². The van der Waals surface area contributed by atoms with Gasteiger partial charge >= 0.3 is 0 Å². The third kappa shape index (κ3) is 4.21. The van der Waals surface area contributed by atoms with Crippen LogP contribution in [0.4, 0.5) is 10.9 Å². The van der Waals surface area contributed by atoms with Gasteiger partial charge in [0.25, 0.3) is 5.91 Å². The zero-order valence-electron chi connectivity index (χ0n) is 10.5. The van der Waals surface area contributed by atoms with Crippen LogP contribution in [0.3, 0.4) is 0 Å². The van der Waals surface area contributed by atoms with E-state index in [0.717, 1.165) is 11.3 Å². The van der Waals surface area contributed by atoms with E-state index in [1.807, 2.05) is 20.8 Å². The number of hydrogen-bond donors (Lipinski definition) is 4. The van der Waals surface area contributed by atoms with Crippen LogP contribution >= 0.6 is 11.3 Å². The molecule has 1 rings (SSSR count). The molecule has 0 fully saturated rings. The second-order valence-corrected chi connectivity index (χ2v) is 5.76. The number of thiazole rings is 1. The average Bonchev–Trinajstić information content (AvgIpc) is 2.53. The molecule has 6 N–H and O–H groups in total. The normalized spacial score (nSPS) is 11.1. The Morgan fingerprint density at radius 1 is 1.39 bits per heavy atom. The molecule has 0 saturated heterocycles. The monoisotopic (exact) mass is 271 g/mol. The van der Waals surface area contributed by atoms with E-state index in [-0.39, 0.29) is 22.8 Å². The van der Waals surface area contributed by atoms with Gasteiger partial charge in [0, 0.05) is 5.54 Å². The highest BCUT2D eigenvalue weighted by atomic mass is 32.1. The Kier molecular flexibility index (Phi) is 4.12. The van der Waals surface area contributed by atoms with Crippen LogP contribution in [-0.4, -0.2) is 28.9 Å². The highest BCUT2D eigenvalue weighted by Crippen LogP contribution is 2.26. The lowest BCUT2D eigenvalue weighted by Crippen LogP contribution is -2.33. The second-order valence-electron chi connectivity index (χ2n) is 4.76. The summed E-state index contributed by atoms with van der Waals surface area (Å²) in [6.45, 7) is 5.68. The molecule has 100 valence electrons. The molecule has 0 spiro atoms. The molecule has 1 aromatic heterocycles. The van der Waals surface area contributed by atoms with Crippen molar-refractivity contribution in [3.8, 4) is 0 Å². The molecule has 0 atom stereocenters. The van der Waals surface area contributed by atoms with Crippen molar-refractivity contribution in [1.82, 2.24) is 10.3 Å². The Morgan fingerprint density at radius 3 is 2.50 bits per heavy atom. The van der Waals surface area contributed by atoms with Crippen LogP contribution in [0.15, 0.2) is 0 Å². The summed E-state index contributed by atoms with van der Waals surface area (Å²) in [4.78, 5) is 26.6. The summed E-state index contributed by atoms with van der Waals surface area (Å²) >= 11 is 1.13. The van der Waals surface area contributed by atoms with Gasteiger partial charge in [0.05, 0.1) is 6.54 Å². The largest absolute Gasteiger partial charge is 0.382 e. The van der Waals surface area contributed by atoms with Crippen LogP contribution in [0.1, 0.15) is 30.4 Å². The van der Waals surface area contributed by atoms with Gasteiger partial charge in [-0.05, 0) is 20.8 Å². The Labute approximate surface area is 109 Å². The van der Waals surface area contributed by atoms with Crippen molar-refractivity contribution in [2.75, 3.05) is 17.6 Å². The van der Waals surface area contributed by atoms with Crippen molar-refractivity contribution in [1.29, 1.82) is 0 Å². The summed E-state index contributed by atoms with van der Waals surface area (Å²) in [5.74, 6) is -0.932. The lowest BCUT2D eigenvalue weighted by molar-refractivity contribution is -0.117. The molecule has 18 heavy (non-hydrogen) atoms. The fourth-order valence-corrected chi connectivity index (χ4v) is 2.13. The predicted molar refractivity (Wildman–Crippen MR) is 71.4 cm³/mol. The van der Waals surface area contributed by atoms with Gasteiger partial charge in [-0.25, -0.2) is 4.98 Å². The number of hydrogen-bond acceptors (Lipinski definition) is 6. The molecule has 0 aromatic carbocycles. The van der Waals surface area contributed by atoms with E-state index in [1.54, 1.807) is 0 Å². The van der Waals surface area contributed by atoms with Crippen molar-refractivity contribution < 1.29 is 9.59 Å². The number of rotatable bonds is 4. The number of carbonyl (C=O) groups is 2. The predicted octanol–water partition coefficient (Wildman–Crippen LogP) is 0.151. The number of carbonyl (C=O) groups excluding carboxylic acids is 2. The molecule has 0 radical (unpaired) electrons. The number of anilines is 2. The lowest BCUT2D eigenvalue weighted by Gasteiger charge is -2.19. The molecule has 2 amide bonds. The maximum atomic E-state index is 11.7. The first kappa shape index (κ1) is 14.2. The van der Waals surface area contributed by atoms with Crippen molar-refractivity contribution >= 4 is 34.1 Å². The molecular formula is C10H17N5O2S. The number of nitrogens with one attached hydrogen (secondary N) is 2. The zero-order valence-corrected chi connectivity index (χ0v) is 11.4. The molecule has 0 aliphatic rings. The van der Waals surface area contributed by atoms with Gasteiger partial charge < -0.3 is 22.1 Å². The minimum Gasteiger partial charge on any atom is -0.382 e. The van der Waals surface area contributed by atoms with E-state index in [1.165, 1.54) is 0 Å². The second kappa shape index (κ2) is 5.21. The van der Waals surface area contributed by atoms with Crippen LogP contribution < -0.4 is 22.1 Å². The van der Waals surface area contributed by atoms with Crippen molar-refractivity contribution in [3.63, 3.8) is 0 Å². The van der Waals surface area contributed by atoms with Crippen molar-refractivity contribution in [2.24, 2.45) is 5.73 Å². The number of nitrogens with zero attached hydrogens (tertiary/aromatic N) is 1. The quantitative estimate of drug-likeness (QED) is 0.620. The van der Waals surface area contributed by atoms with Crippen LogP contribution in [0, 0.1) is 0 Å². The van der Waals surface area contributed by atoms with Gasteiger partial charge in [-0.15, -0.1) is 0 Å². The van der Waals surface area contributed by atoms with Gasteiger partial charge in [-0.1, -0.05) is 11.3 Å². The zero-order chi connectivity index (χ0) is 13.9. The standard InChI is InChI=1S/C10H17N5O2S/c1-10(2,3)15-9-14-7(12)6(18-9)8(17)13-4-5(11)16/h4,12H2,1-3H3,(H2,11,16)(H,13,17)(H,14,15). The minimum absolute atomic E-state index is 0.133. The maximum Gasteiger partial charge on any atom is 0.265 e. The summed E-state index contributed by atoms with van der Waals surface area (Å²) in [7, 11) is 0. The molecular weight excluding hydrogens is 254 g/mol. The van der Waals surface area contributed by atoms with Gasteiger partial charge in [0.15, 0.2) is 5.13 Å². The Morgan fingerprint density at radius 2 is 2.00 bits per heavy atom. The SMILES string of the molecule is CC(C)(C)Nc1nc(N)c(C(=O)NCC(N)=O)s1. The Balaban J connectivity index is 2.78. The molecule has 1 aromatic rings. The number of aromatic nitrogens is 1. The van der Waals surface area contributed by atoms with E-state index >= 15 is 0 Å². The lowest BCUT2D eigenvalue weighted by atomic mass is 10.1. The maximum absolute atomic E-state index is 11.7. The number of primary amides is 1. The van der Waals surface area contributed by atoms with E-state index in [4.69, 9.17) is 11.5 Å². The molecule has 0 aliphatic heterocycles. The fraction of sp³-hybridized carbons (Fsp3) is 0.500.